The second-order valence-electron chi connectivity index (χ2n) is 8.31. The van der Waals surface area contributed by atoms with Crippen LogP contribution in [-0.2, 0) is 22.6 Å². The third-order valence-electron chi connectivity index (χ3n) is 5.77. The van der Waals surface area contributed by atoms with E-state index in [2.05, 4.69) is 10.3 Å². The van der Waals surface area contributed by atoms with E-state index in [1.54, 1.807) is 30.1 Å². The van der Waals surface area contributed by atoms with Gasteiger partial charge >= 0.3 is 5.97 Å². The molecule has 37 heavy (non-hydrogen) atoms. The van der Waals surface area contributed by atoms with Crippen molar-refractivity contribution in [1.29, 1.82) is 0 Å². The van der Waals surface area contributed by atoms with Gasteiger partial charge in [-0.05, 0) is 66.6 Å². The monoisotopic (exact) mass is 513 g/mol. The van der Waals surface area contributed by atoms with Crippen molar-refractivity contribution < 1.29 is 14.3 Å². The van der Waals surface area contributed by atoms with E-state index in [-0.39, 0.29) is 19.0 Å². The number of carbonyl (C=O) groups is 1. The molecule has 0 atom stereocenters. The minimum Gasteiger partial charge on any atom is -0.497 e. The number of aromatic nitrogens is 5. The van der Waals surface area contributed by atoms with Crippen LogP contribution in [0.4, 0.5) is 0 Å². The normalized spacial score (nSPS) is 10.9. The molecule has 8 nitrogen and oxygen atoms in total. The van der Waals surface area contributed by atoms with Crippen LogP contribution < -0.4 is 4.74 Å². The molecule has 0 spiro atoms. The predicted molar refractivity (Wildman–Crippen MR) is 140 cm³/mol. The molecule has 0 N–H and O–H groups in total. The lowest BCUT2D eigenvalue weighted by molar-refractivity contribution is -0.145. The molecule has 0 aliphatic heterocycles. The lowest BCUT2D eigenvalue weighted by Crippen LogP contribution is -2.06. The largest absolute Gasteiger partial charge is 0.497 e. The van der Waals surface area contributed by atoms with Gasteiger partial charge in [-0.1, -0.05) is 41.1 Å². The Balaban J connectivity index is 1.26. The molecule has 0 amide bonds. The standard InChI is InChI=1S/C28H24ClN5O3/c1-36-26-13-10-20(11-14-26)28-21(17-33(31-28)24-7-3-2-4-8-24)12-15-27(35)37-19-23-18-34(32-30-23)25-9-5-6-22(29)16-25/h2-11,13-14,16-18H,12,15,19H2,1H3. The van der Waals surface area contributed by atoms with Gasteiger partial charge in [-0.3, -0.25) is 4.79 Å². The Kier molecular flexibility index (Phi) is 7.28. The second-order valence-corrected chi connectivity index (χ2v) is 8.74. The fraction of sp³-hybridized carbons (Fsp3) is 0.143. The molecule has 0 bridgehead atoms. The summed E-state index contributed by atoms with van der Waals surface area (Å²) in [6.07, 6.45) is 4.34. The molecule has 9 heteroatoms. The zero-order chi connectivity index (χ0) is 25.6. The summed E-state index contributed by atoms with van der Waals surface area (Å²) in [5.41, 5.74) is 4.95. The Bertz CT molecular complexity index is 1500. The predicted octanol–water partition coefficient (Wildman–Crippen LogP) is 5.46. The Morgan fingerprint density at radius 3 is 2.46 bits per heavy atom. The van der Waals surface area contributed by atoms with Gasteiger partial charge < -0.3 is 9.47 Å². The zero-order valence-corrected chi connectivity index (χ0v) is 20.9. The van der Waals surface area contributed by atoms with E-state index in [0.717, 1.165) is 33.9 Å². The zero-order valence-electron chi connectivity index (χ0n) is 20.1. The summed E-state index contributed by atoms with van der Waals surface area (Å²) in [4.78, 5) is 12.6. The molecule has 2 heterocycles. The molecule has 0 aliphatic rings. The van der Waals surface area contributed by atoms with Crippen LogP contribution in [0.3, 0.4) is 0 Å². The topological polar surface area (TPSA) is 84.1 Å². The number of methoxy groups -OCH3 is 1. The number of rotatable bonds is 9. The smallest absolute Gasteiger partial charge is 0.306 e. The van der Waals surface area contributed by atoms with E-state index in [1.165, 1.54) is 0 Å². The van der Waals surface area contributed by atoms with Crippen molar-refractivity contribution in [2.75, 3.05) is 7.11 Å². The van der Waals surface area contributed by atoms with Gasteiger partial charge in [-0.15, -0.1) is 5.10 Å². The summed E-state index contributed by atoms with van der Waals surface area (Å²) in [5.74, 6) is 0.439. The molecule has 5 aromatic rings. The summed E-state index contributed by atoms with van der Waals surface area (Å²) < 4.78 is 14.2. The second kappa shape index (κ2) is 11.1. The van der Waals surface area contributed by atoms with Gasteiger partial charge in [0.15, 0.2) is 0 Å². The van der Waals surface area contributed by atoms with Crippen molar-refractivity contribution in [3.8, 4) is 28.4 Å². The minimum absolute atomic E-state index is 0.0357. The molecule has 0 fully saturated rings. The van der Waals surface area contributed by atoms with Crippen LogP contribution in [0.5, 0.6) is 5.75 Å². The molecule has 0 saturated heterocycles. The molecule has 0 saturated carbocycles. The Morgan fingerprint density at radius 1 is 0.919 bits per heavy atom. The first kappa shape index (κ1) is 24.3. The van der Waals surface area contributed by atoms with Gasteiger partial charge in [0, 0.05) is 23.2 Å². The van der Waals surface area contributed by atoms with Crippen LogP contribution in [0.1, 0.15) is 17.7 Å². The maximum atomic E-state index is 12.6. The fourth-order valence-electron chi connectivity index (χ4n) is 3.87. The van der Waals surface area contributed by atoms with Crippen molar-refractivity contribution in [3.05, 3.63) is 108 Å². The van der Waals surface area contributed by atoms with Crippen molar-refractivity contribution >= 4 is 17.6 Å². The summed E-state index contributed by atoms with van der Waals surface area (Å²) in [6, 6.07) is 24.8. The molecule has 3 aromatic carbocycles. The number of para-hydroxylation sites is 1. The number of hydrogen-bond acceptors (Lipinski definition) is 6. The van der Waals surface area contributed by atoms with E-state index in [9.17, 15) is 4.79 Å². The first-order valence-electron chi connectivity index (χ1n) is 11.7. The van der Waals surface area contributed by atoms with Crippen molar-refractivity contribution in [2.45, 2.75) is 19.4 Å². The van der Waals surface area contributed by atoms with Gasteiger partial charge in [0.1, 0.15) is 18.1 Å². The van der Waals surface area contributed by atoms with Crippen LogP contribution in [0.2, 0.25) is 5.02 Å². The number of esters is 1. The molecule has 186 valence electrons. The SMILES string of the molecule is COc1ccc(-c2nn(-c3ccccc3)cc2CCC(=O)OCc2cn(-c3cccc(Cl)c3)nn2)cc1. The van der Waals surface area contributed by atoms with Crippen LogP contribution in [0.25, 0.3) is 22.6 Å². The van der Waals surface area contributed by atoms with Gasteiger partial charge in [-0.2, -0.15) is 5.10 Å². The molecule has 0 radical (unpaired) electrons. The number of halogens is 1. The van der Waals surface area contributed by atoms with Crippen LogP contribution in [0, 0.1) is 0 Å². The van der Waals surface area contributed by atoms with Gasteiger partial charge in [0.05, 0.1) is 30.4 Å². The molecule has 5 rings (SSSR count). The molecular formula is C28H24ClN5O3. The van der Waals surface area contributed by atoms with Crippen LogP contribution >= 0.6 is 11.6 Å². The van der Waals surface area contributed by atoms with Gasteiger partial charge in [0.25, 0.3) is 0 Å². The van der Waals surface area contributed by atoms with E-state index in [0.29, 0.717) is 17.1 Å². The summed E-state index contributed by atoms with van der Waals surface area (Å²) in [5, 5.41) is 13.6. The third kappa shape index (κ3) is 5.87. The summed E-state index contributed by atoms with van der Waals surface area (Å²) in [7, 11) is 1.63. The molecule has 0 unspecified atom stereocenters. The molecule has 0 aliphatic carbocycles. The molecule has 2 aromatic heterocycles. The highest BCUT2D eigenvalue weighted by Crippen LogP contribution is 2.27. The van der Waals surface area contributed by atoms with E-state index in [1.807, 2.05) is 77.6 Å². The lowest BCUT2D eigenvalue weighted by atomic mass is 10.0. The maximum absolute atomic E-state index is 12.6. The van der Waals surface area contributed by atoms with Crippen LogP contribution in [-0.4, -0.2) is 37.9 Å². The minimum atomic E-state index is -0.328. The van der Waals surface area contributed by atoms with Crippen molar-refractivity contribution in [2.24, 2.45) is 0 Å². The fourth-order valence-corrected chi connectivity index (χ4v) is 4.05. The highest BCUT2D eigenvalue weighted by Gasteiger charge is 2.15. The van der Waals surface area contributed by atoms with E-state index in [4.69, 9.17) is 26.2 Å². The number of carbonyl (C=O) groups excluding carboxylic acids is 1. The Labute approximate surface area is 219 Å². The lowest BCUT2D eigenvalue weighted by Gasteiger charge is -2.05. The summed E-state index contributed by atoms with van der Waals surface area (Å²) >= 11 is 6.05. The third-order valence-corrected chi connectivity index (χ3v) is 6.00. The quantitative estimate of drug-likeness (QED) is 0.243. The first-order valence-corrected chi connectivity index (χ1v) is 12.1. The number of hydrogen-bond donors (Lipinski definition) is 0. The molecular weight excluding hydrogens is 490 g/mol. The Morgan fingerprint density at radius 2 is 1.70 bits per heavy atom. The average Bonchev–Trinajstić information content (AvgIpc) is 3.59. The number of nitrogens with zero attached hydrogens (tertiary/aromatic N) is 5. The highest BCUT2D eigenvalue weighted by atomic mass is 35.5. The first-order chi connectivity index (χ1) is 18.1. The summed E-state index contributed by atoms with van der Waals surface area (Å²) in [6.45, 7) is 0.0357. The van der Waals surface area contributed by atoms with Gasteiger partial charge in [-0.25, -0.2) is 9.36 Å². The van der Waals surface area contributed by atoms with Crippen molar-refractivity contribution in [3.63, 3.8) is 0 Å². The van der Waals surface area contributed by atoms with Gasteiger partial charge in [0.2, 0.25) is 0 Å². The number of ether oxygens (including phenoxy) is 2. The van der Waals surface area contributed by atoms with E-state index >= 15 is 0 Å². The highest BCUT2D eigenvalue weighted by molar-refractivity contribution is 6.30. The Hall–Kier alpha value is -4.43. The number of aryl methyl sites for hydroxylation is 1. The maximum Gasteiger partial charge on any atom is 0.306 e. The van der Waals surface area contributed by atoms with Crippen LogP contribution in [0.15, 0.2) is 91.3 Å². The van der Waals surface area contributed by atoms with E-state index < -0.39 is 0 Å². The average molecular weight is 514 g/mol. The van der Waals surface area contributed by atoms with Crippen molar-refractivity contribution in [1.82, 2.24) is 24.8 Å². The number of benzene rings is 3.